The number of benzene rings is 2. The minimum atomic E-state index is -4.60. The van der Waals surface area contributed by atoms with Crippen LogP contribution in [0.5, 0.6) is 0 Å². The van der Waals surface area contributed by atoms with Crippen molar-refractivity contribution in [3.05, 3.63) is 86.5 Å². The molecule has 2 aliphatic rings. The van der Waals surface area contributed by atoms with Gasteiger partial charge in [0.15, 0.2) is 0 Å². The van der Waals surface area contributed by atoms with Gasteiger partial charge in [0.05, 0.1) is 56.6 Å². The molecule has 3 heterocycles. The zero-order valence-electron chi connectivity index (χ0n) is 24.3. The number of nitriles is 1. The first-order valence-corrected chi connectivity index (χ1v) is 13.7. The van der Waals surface area contributed by atoms with E-state index in [-0.39, 0.29) is 22.9 Å². The van der Waals surface area contributed by atoms with Crippen LogP contribution < -0.4 is 15.7 Å². The summed E-state index contributed by atoms with van der Waals surface area (Å²) in [6.07, 6.45) is -1.74. The number of hydrogen-bond acceptors (Lipinski definition) is 8. The first kappa shape index (κ1) is 32.0. The number of allylic oxidation sites excluding steroid dienone is 1. The molecule has 11 nitrogen and oxygen atoms in total. The topological polar surface area (TPSA) is 144 Å². The number of carbonyl (C=O) groups is 2. The Morgan fingerprint density at radius 3 is 2.55 bits per heavy atom. The van der Waals surface area contributed by atoms with Gasteiger partial charge in [-0.15, -0.1) is 5.10 Å². The molecule has 0 unspecified atom stereocenters. The maximum Gasteiger partial charge on any atom is 0.416 e. The standard InChI is InChI=1S/C29H29F3N6O3.CH2O2/c1-18-24(26(39)41-3)25(23-10-9-19(17-33)15-20(23)11-14-38(2)12-4-5-13-38)37-27(34-35-28(37)40)36(18)22-8-6-7-21(16-22)29(30,31)32;2-1-3/h6-10,15-16,25H,4-5,11-14H2,1-3H3;1H,(H,2,3)/t25-;/m1./s1. The number of halogens is 3. The van der Waals surface area contributed by atoms with Gasteiger partial charge in [-0.05, 0) is 48.4 Å². The molecule has 2 aliphatic heterocycles. The number of hydrogen-bond donors (Lipinski definition) is 1. The number of H-pyrrole nitrogens is 1. The maximum absolute atomic E-state index is 13.6. The summed E-state index contributed by atoms with van der Waals surface area (Å²) in [5.74, 6) is -0.713. The van der Waals surface area contributed by atoms with Gasteiger partial charge in [-0.2, -0.15) is 18.4 Å². The number of likely N-dealkylation sites (tertiary alicyclic amines) is 1. The first-order chi connectivity index (χ1) is 20.9. The second-order valence-corrected chi connectivity index (χ2v) is 10.8. The molecule has 0 saturated carbocycles. The Hall–Kier alpha value is -4.90. The molecule has 1 N–H and O–H groups in total. The van der Waals surface area contributed by atoms with Gasteiger partial charge < -0.3 is 19.1 Å². The summed E-state index contributed by atoms with van der Waals surface area (Å²) in [5, 5.41) is 24.4. The fraction of sp³-hybridized carbons (Fsp3) is 0.367. The largest absolute Gasteiger partial charge is 0.554 e. The fourth-order valence-electron chi connectivity index (χ4n) is 5.95. The van der Waals surface area contributed by atoms with Crippen molar-refractivity contribution in [2.24, 2.45) is 0 Å². The van der Waals surface area contributed by atoms with E-state index in [1.54, 1.807) is 25.1 Å². The van der Waals surface area contributed by atoms with Gasteiger partial charge in [0.2, 0.25) is 5.95 Å². The van der Waals surface area contributed by atoms with Gasteiger partial charge in [0.25, 0.3) is 0 Å². The van der Waals surface area contributed by atoms with Crippen LogP contribution in [0, 0.1) is 11.3 Å². The highest BCUT2D eigenvalue weighted by Gasteiger charge is 2.41. The van der Waals surface area contributed by atoms with E-state index in [1.165, 1.54) is 28.7 Å². The number of quaternary nitrogens is 1. The lowest BCUT2D eigenvalue weighted by Gasteiger charge is -2.36. The maximum atomic E-state index is 13.6. The molecule has 0 amide bonds. The number of carbonyl (C=O) groups excluding carboxylic acids is 2. The number of methoxy groups -OCH3 is 1. The predicted octanol–water partition coefficient (Wildman–Crippen LogP) is 2.80. The van der Waals surface area contributed by atoms with Crippen molar-refractivity contribution in [3.8, 4) is 6.07 Å². The van der Waals surface area contributed by atoms with Crippen molar-refractivity contribution in [3.63, 3.8) is 0 Å². The van der Waals surface area contributed by atoms with Crippen molar-refractivity contribution in [2.75, 3.05) is 38.7 Å². The number of anilines is 2. The van der Waals surface area contributed by atoms with Crippen LogP contribution in [0.25, 0.3) is 0 Å². The molecule has 14 heteroatoms. The van der Waals surface area contributed by atoms with E-state index in [4.69, 9.17) is 14.6 Å². The smallest absolute Gasteiger partial charge is 0.416 e. The third-order valence-electron chi connectivity index (χ3n) is 8.11. The van der Waals surface area contributed by atoms with Crippen LogP contribution in [0.4, 0.5) is 24.8 Å². The summed E-state index contributed by atoms with van der Waals surface area (Å²) in [4.78, 5) is 36.2. The Morgan fingerprint density at radius 1 is 1.25 bits per heavy atom. The molecular weight excluding hydrogens is 581 g/mol. The molecule has 5 rings (SSSR count). The van der Waals surface area contributed by atoms with Gasteiger partial charge in [0, 0.05) is 37.1 Å². The number of aromatic amines is 1. The Morgan fingerprint density at radius 2 is 1.93 bits per heavy atom. The number of fused-ring (bicyclic) bond motifs is 1. The average Bonchev–Trinajstić information content (AvgIpc) is 3.60. The highest BCUT2D eigenvalue weighted by Crippen LogP contribution is 2.43. The van der Waals surface area contributed by atoms with Crippen LogP contribution in [0.2, 0.25) is 0 Å². The van der Waals surface area contributed by atoms with Crippen molar-refractivity contribution in [2.45, 2.75) is 38.4 Å². The Kier molecular flexibility index (Phi) is 9.29. The second kappa shape index (κ2) is 12.8. The monoisotopic (exact) mass is 612 g/mol. The predicted molar refractivity (Wildman–Crippen MR) is 150 cm³/mol. The zero-order chi connectivity index (χ0) is 32.2. The lowest BCUT2D eigenvalue weighted by atomic mass is 9.89. The highest BCUT2D eigenvalue weighted by molar-refractivity contribution is 5.93. The van der Waals surface area contributed by atoms with E-state index in [0.29, 0.717) is 17.5 Å². The van der Waals surface area contributed by atoms with Crippen LogP contribution in [0.3, 0.4) is 0 Å². The van der Waals surface area contributed by atoms with Crippen LogP contribution in [0.15, 0.2) is 58.5 Å². The van der Waals surface area contributed by atoms with Gasteiger partial charge in [-0.25, -0.2) is 19.3 Å². The first-order valence-electron chi connectivity index (χ1n) is 13.7. The minimum absolute atomic E-state index is 0.0262. The number of alkyl halides is 3. The Bertz CT molecular complexity index is 1680. The normalized spacial score (nSPS) is 17.3. The van der Waals surface area contributed by atoms with Crippen molar-refractivity contribution < 1.29 is 37.1 Å². The van der Waals surface area contributed by atoms with Gasteiger partial charge in [0.1, 0.15) is 6.04 Å². The van der Waals surface area contributed by atoms with Crippen molar-refractivity contribution in [1.82, 2.24) is 14.8 Å². The van der Waals surface area contributed by atoms with E-state index >= 15 is 0 Å². The lowest BCUT2D eigenvalue weighted by Crippen LogP contribution is -2.42. The summed E-state index contributed by atoms with van der Waals surface area (Å²) in [6, 6.07) is 10.9. The number of aromatic nitrogens is 3. The number of esters is 1. The molecule has 1 atom stereocenters. The van der Waals surface area contributed by atoms with Crippen LogP contribution in [-0.2, 0) is 26.9 Å². The molecule has 0 bridgehead atoms. The third-order valence-corrected chi connectivity index (χ3v) is 8.11. The lowest BCUT2D eigenvalue weighted by molar-refractivity contribution is -0.897. The van der Waals surface area contributed by atoms with E-state index in [9.17, 15) is 28.0 Å². The summed E-state index contributed by atoms with van der Waals surface area (Å²) in [6.45, 7) is 3.97. The minimum Gasteiger partial charge on any atom is -0.554 e. The van der Waals surface area contributed by atoms with E-state index in [1.807, 2.05) is 0 Å². The summed E-state index contributed by atoms with van der Waals surface area (Å²) in [5.41, 5.74) is 0.726. The third kappa shape index (κ3) is 6.23. The molecule has 232 valence electrons. The van der Waals surface area contributed by atoms with Crippen LogP contribution in [-0.4, -0.2) is 65.5 Å². The Labute approximate surface area is 251 Å². The van der Waals surface area contributed by atoms with Gasteiger partial charge >= 0.3 is 17.8 Å². The molecule has 0 aliphatic carbocycles. The summed E-state index contributed by atoms with van der Waals surface area (Å²) in [7, 11) is 3.40. The van der Waals surface area contributed by atoms with Crippen molar-refractivity contribution in [1.29, 1.82) is 5.26 Å². The second-order valence-electron chi connectivity index (χ2n) is 10.8. The van der Waals surface area contributed by atoms with E-state index < -0.39 is 35.9 Å². The Balaban J connectivity index is 0.00000141. The number of nitrogens with one attached hydrogen (secondary N) is 1. The molecular formula is C30H31F3N6O5. The molecule has 3 aromatic rings. The van der Waals surface area contributed by atoms with Crippen molar-refractivity contribution >= 4 is 24.1 Å². The highest BCUT2D eigenvalue weighted by atomic mass is 19.4. The average molecular weight is 613 g/mol. The molecule has 1 aromatic heterocycles. The molecule has 1 saturated heterocycles. The van der Waals surface area contributed by atoms with Crippen LogP contribution in [0.1, 0.15) is 48.1 Å². The number of likely N-dealkylation sites (N-methyl/N-ethyl adjacent to an activating group) is 1. The molecule has 0 spiro atoms. The van der Waals surface area contributed by atoms with Crippen LogP contribution >= 0.6 is 0 Å². The van der Waals surface area contributed by atoms with Gasteiger partial charge in [-0.1, -0.05) is 12.1 Å². The zero-order valence-corrected chi connectivity index (χ0v) is 24.3. The molecule has 1 fully saturated rings. The van der Waals surface area contributed by atoms with E-state index in [0.717, 1.165) is 54.7 Å². The number of ether oxygens (including phenoxy) is 1. The quantitative estimate of drug-likeness (QED) is 0.254. The summed E-state index contributed by atoms with van der Waals surface area (Å²) < 4.78 is 48.0. The summed E-state index contributed by atoms with van der Waals surface area (Å²) >= 11 is 0. The SMILES string of the molecule is COC(=O)C1=C(C)N(c2cccc(C(F)(F)F)c2)c2n[nH]c(=O)n2[C@@H]1c1ccc(C#N)cc1CC[N+]1(C)CCCC1.O=C[O-]. The molecule has 44 heavy (non-hydrogen) atoms. The molecule has 0 radical (unpaired) electrons. The van der Waals surface area contributed by atoms with Gasteiger partial charge in [-0.3, -0.25) is 4.90 Å². The van der Waals surface area contributed by atoms with E-state index in [2.05, 4.69) is 23.3 Å². The number of rotatable bonds is 6. The molecule has 2 aromatic carbocycles. The number of nitrogens with zero attached hydrogens (tertiary/aromatic N) is 5. The fourth-order valence-corrected chi connectivity index (χ4v) is 5.95. The number of carboxylic acid groups (broad SMARTS) is 1.